The van der Waals surface area contributed by atoms with Crippen LogP contribution in [0, 0.1) is 5.92 Å². The minimum atomic E-state index is -2.46. The molecule has 0 aromatic carbocycles. The maximum atomic E-state index is 10.9. The molecule has 0 bridgehead atoms. The minimum absolute atomic E-state index is 0.115. The Morgan fingerprint density at radius 1 is 1.17 bits per heavy atom. The van der Waals surface area contributed by atoms with Crippen molar-refractivity contribution in [3.8, 4) is 0 Å². The Morgan fingerprint density at radius 3 is 2.33 bits per heavy atom. The van der Waals surface area contributed by atoms with Crippen LogP contribution in [0.2, 0.25) is 6.04 Å². The van der Waals surface area contributed by atoms with Crippen molar-refractivity contribution in [1.29, 1.82) is 0 Å². The van der Waals surface area contributed by atoms with Crippen LogP contribution in [0.25, 0.3) is 0 Å². The van der Waals surface area contributed by atoms with Gasteiger partial charge in [-0.3, -0.25) is 4.79 Å². The van der Waals surface area contributed by atoms with E-state index >= 15 is 0 Å². The third-order valence-electron chi connectivity index (χ3n) is 2.72. The fourth-order valence-electron chi connectivity index (χ4n) is 1.73. The summed E-state index contributed by atoms with van der Waals surface area (Å²) in [5.41, 5.74) is 0. The van der Waals surface area contributed by atoms with Crippen LogP contribution in [0.3, 0.4) is 0 Å². The molecule has 0 aromatic heterocycles. The first-order valence-corrected chi connectivity index (χ1v) is 11.8. The second kappa shape index (κ2) is 10.4. The molecule has 0 aliphatic heterocycles. The second-order valence-electron chi connectivity index (χ2n) is 4.70. The van der Waals surface area contributed by atoms with Gasteiger partial charge in [-0.2, -0.15) is 0 Å². The van der Waals surface area contributed by atoms with Gasteiger partial charge in [0.25, 0.3) is 0 Å². The van der Waals surface area contributed by atoms with Gasteiger partial charge in [-0.1, -0.05) is 39.5 Å². The summed E-state index contributed by atoms with van der Waals surface area (Å²) in [6.07, 6.45) is 5.90. The van der Waals surface area contributed by atoms with Crippen molar-refractivity contribution in [1.82, 2.24) is 0 Å². The van der Waals surface area contributed by atoms with Gasteiger partial charge in [-0.25, -0.2) is 0 Å². The van der Waals surface area contributed by atoms with E-state index in [0.29, 0.717) is 18.9 Å². The standard InChI is InChI=1S/C12H23Cl3O2Si/c1-3-12(16)17-9-7-5-4-6-8-11(2)10-18(13,14)15/h11H,3-10H2,1-2H3. The highest BCUT2D eigenvalue weighted by atomic mass is 35.8. The molecule has 0 aliphatic carbocycles. The lowest BCUT2D eigenvalue weighted by Gasteiger charge is -2.14. The van der Waals surface area contributed by atoms with E-state index in [9.17, 15) is 4.79 Å². The number of rotatable bonds is 10. The third kappa shape index (κ3) is 13.0. The zero-order valence-corrected chi connectivity index (χ0v) is 14.5. The highest BCUT2D eigenvalue weighted by molar-refractivity contribution is 7.64. The Morgan fingerprint density at radius 2 is 1.78 bits per heavy atom. The van der Waals surface area contributed by atoms with Gasteiger partial charge < -0.3 is 4.74 Å². The van der Waals surface area contributed by atoms with Crippen molar-refractivity contribution >= 4 is 45.2 Å². The molecule has 0 heterocycles. The third-order valence-corrected chi connectivity index (χ3v) is 5.27. The number of unbranched alkanes of at least 4 members (excludes halogenated alkanes) is 3. The summed E-state index contributed by atoms with van der Waals surface area (Å²) in [6.45, 7) is 4.49. The number of ether oxygens (including phenoxy) is 1. The van der Waals surface area contributed by atoms with Crippen molar-refractivity contribution in [3.05, 3.63) is 0 Å². The highest BCUT2D eigenvalue weighted by Crippen LogP contribution is 2.31. The van der Waals surface area contributed by atoms with E-state index < -0.39 is 6.00 Å². The molecule has 0 saturated heterocycles. The number of carbonyl (C=O) groups excluding carboxylic acids is 1. The molecular weight excluding hydrogens is 311 g/mol. The summed E-state index contributed by atoms with van der Waals surface area (Å²) in [4.78, 5) is 10.9. The van der Waals surface area contributed by atoms with Crippen LogP contribution in [0.1, 0.15) is 52.4 Å². The van der Waals surface area contributed by atoms with Crippen LogP contribution in [-0.4, -0.2) is 18.6 Å². The Hall–Kier alpha value is 0.557. The zero-order chi connectivity index (χ0) is 14.0. The molecule has 2 nitrogen and oxygen atoms in total. The van der Waals surface area contributed by atoms with E-state index in [1.54, 1.807) is 6.92 Å². The number of esters is 1. The molecule has 108 valence electrons. The normalized spacial score (nSPS) is 13.4. The predicted molar refractivity (Wildman–Crippen MR) is 81.6 cm³/mol. The molecule has 0 fully saturated rings. The Kier molecular flexibility index (Phi) is 10.7. The van der Waals surface area contributed by atoms with Crippen LogP contribution in [0.5, 0.6) is 0 Å². The molecule has 1 unspecified atom stereocenters. The van der Waals surface area contributed by atoms with Crippen molar-refractivity contribution in [2.24, 2.45) is 5.92 Å². The minimum Gasteiger partial charge on any atom is -0.466 e. The Bertz CT molecular complexity index is 232. The number of hydrogen-bond acceptors (Lipinski definition) is 2. The van der Waals surface area contributed by atoms with Crippen molar-refractivity contribution in [2.45, 2.75) is 58.4 Å². The number of hydrogen-bond donors (Lipinski definition) is 0. The maximum absolute atomic E-state index is 10.9. The summed E-state index contributed by atoms with van der Waals surface area (Å²) in [5, 5.41) is 0. The molecule has 0 rings (SSSR count). The fourth-order valence-corrected chi connectivity index (χ4v) is 5.10. The largest absolute Gasteiger partial charge is 0.466 e. The molecule has 0 N–H and O–H groups in total. The first-order chi connectivity index (χ1) is 8.35. The van der Waals surface area contributed by atoms with Gasteiger partial charge in [0.15, 0.2) is 0 Å². The van der Waals surface area contributed by atoms with Gasteiger partial charge in [0.1, 0.15) is 0 Å². The van der Waals surface area contributed by atoms with E-state index in [0.717, 1.165) is 38.1 Å². The van der Waals surface area contributed by atoms with Gasteiger partial charge in [0.05, 0.1) is 6.61 Å². The summed E-state index contributed by atoms with van der Waals surface area (Å²) in [7, 11) is 0. The monoisotopic (exact) mass is 332 g/mol. The molecule has 0 aromatic rings. The molecule has 0 spiro atoms. The summed E-state index contributed by atoms with van der Waals surface area (Å²) < 4.78 is 5.00. The Balaban J connectivity index is 3.33. The molecule has 0 aliphatic rings. The lowest BCUT2D eigenvalue weighted by Crippen LogP contribution is -2.13. The van der Waals surface area contributed by atoms with Gasteiger partial charge in [-0.05, 0) is 18.4 Å². The molecule has 18 heavy (non-hydrogen) atoms. The van der Waals surface area contributed by atoms with Gasteiger partial charge in [-0.15, -0.1) is 33.2 Å². The molecule has 0 radical (unpaired) electrons. The summed E-state index contributed by atoms with van der Waals surface area (Å²) in [5.74, 6) is 0.373. The molecule has 1 atom stereocenters. The second-order valence-corrected chi connectivity index (χ2v) is 13.9. The van der Waals surface area contributed by atoms with Crippen LogP contribution in [0.4, 0.5) is 0 Å². The van der Waals surface area contributed by atoms with Gasteiger partial charge in [0, 0.05) is 6.42 Å². The number of carbonyl (C=O) groups is 1. The Labute approximate surface area is 125 Å². The van der Waals surface area contributed by atoms with E-state index in [1.165, 1.54) is 0 Å². The van der Waals surface area contributed by atoms with Crippen molar-refractivity contribution in [2.75, 3.05) is 6.61 Å². The smallest absolute Gasteiger partial charge is 0.341 e. The van der Waals surface area contributed by atoms with Crippen LogP contribution < -0.4 is 0 Å². The van der Waals surface area contributed by atoms with Crippen molar-refractivity contribution < 1.29 is 9.53 Å². The molecule has 0 amide bonds. The summed E-state index contributed by atoms with van der Waals surface area (Å²) >= 11 is 17.6. The van der Waals surface area contributed by atoms with E-state index in [1.807, 2.05) is 0 Å². The van der Waals surface area contributed by atoms with Crippen molar-refractivity contribution in [3.63, 3.8) is 0 Å². The van der Waals surface area contributed by atoms with Crippen LogP contribution >= 0.6 is 33.2 Å². The lowest BCUT2D eigenvalue weighted by atomic mass is 10.0. The van der Waals surface area contributed by atoms with E-state index in [4.69, 9.17) is 38.0 Å². The average Bonchev–Trinajstić information content (AvgIpc) is 2.25. The lowest BCUT2D eigenvalue weighted by molar-refractivity contribution is -0.143. The highest BCUT2D eigenvalue weighted by Gasteiger charge is 2.27. The summed E-state index contributed by atoms with van der Waals surface area (Å²) in [6, 6.07) is -1.72. The predicted octanol–water partition coefficient (Wildman–Crippen LogP) is 5.18. The topological polar surface area (TPSA) is 26.3 Å². The van der Waals surface area contributed by atoms with E-state index in [-0.39, 0.29) is 5.97 Å². The van der Waals surface area contributed by atoms with E-state index in [2.05, 4.69) is 6.92 Å². The molecule has 0 saturated carbocycles. The zero-order valence-electron chi connectivity index (χ0n) is 11.2. The molecule has 6 heteroatoms. The first-order valence-electron chi connectivity index (χ1n) is 6.57. The van der Waals surface area contributed by atoms with Gasteiger partial charge in [0.2, 0.25) is 0 Å². The fraction of sp³-hybridized carbons (Fsp3) is 0.917. The molecular formula is C12H23Cl3O2Si. The van der Waals surface area contributed by atoms with Crippen LogP contribution in [-0.2, 0) is 9.53 Å². The van der Waals surface area contributed by atoms with Crippen LogP contribution in [0.15, 0.2) is 0 Å². The number of halogens is 3. The maximum Gasteiger partial charge on any atom is 0.341 e. The average molecular weight is 334 g/mol. The quantitative estimate of drug-likeness (QED) is 0.238. The SMILES string of the molecule is CCC(=O)OCCCCCCC(C)C[Si](Cl)(Cl)Cl. The van der Waals surface area contributed by atoms with Gasteiger partial charge >= 0.3 is 12.0 Å². The first kappa shape index (κ1) is 18.6.